The SMILES string of the molecule is O=C(CC1CCNCC1)c1ccnc2ccccc12. The summed E-state index contributed by atoms with van der Waals surface area (Å²) in [6, 6.07) is 9.71. The summed E-state index contributed by atoms with van der Waals surface area (Å²) in [5.41, 5.74) is 1.72. The number of Topliss-reactive ketones (excluding diaryl/α,β-unsaturated/α-hetero) is 1. The second-order valence-electron chi connectivity index (χ2n) is 5.20. The van der Waals surface area contributed by atoms with E-state index in [0.717, 1.165) is 42.4 Å². The zero-order valence-corrected chi connectivity index (χ0v) is 10.9. The molecular formula is C16H18N2O. The van der Waals surface area contributed by atoms with Crippen LogP contribution < -0.4 is 5.32 Å². The number of ketones is 1. The van der Waals surface area contributed by atoms with Crippen molar-refractivity contribution in [1.82, 2.24) is 10.3 Å². The predicted molar refractivity (Wildman–Crippen MR) is 76.3 cm³/mol. The molecule has 0 bridgehead atoms. The zero-order chi connectivity index (χ0) is 13.1. The van der Waals surface area contributed by atoms with Gasteiger partial charge in [-0.1, -0.05) is 18.2 Å². The lowest BCUT2D eigenvalue weighted by Crippen LogP contribution is -2.28. The van der Waals surface area contributed by atoms with Gasteiger partial charge in [-0.25, -0.2) is 0 Å². The van der Waals surface area contributed by atoms with Gasteiger partial charge in [-0.05, 0) is 44.0 Å². The van der Waals surface area contributed by atoms with Crippen LogP contribution in [0.3, 0.4) is 0 Å². The van der Waals surface area contributed by atoms with Gasteiger partial charge in [-0.3, -0.25) is 9.78 Å². The zero-order valence-electron chi connectivity index (χ0n) is 10.9. The summed E-state index contributed by atoms with van der Waals surface area (Å²) in [4.78, 5) is 16.8. The molecule has 2 heterocycles. The molecule has 0 amide bonds. The molecule has 19 heavy (non-hydrogen) atoms. The number of para-hydroxylation sites is 1. The number of fused-ring (bicyclic) bond motifs is 1. The number of aromatic nitrogens is 1. The Kier molecular flexibility index (Phi) is 3.56. The number of hydrogen-bond acceptors (Lipinski definition) is 3. The van der Waals surface area contributed by atoms with Gasteiger partial charge in [0.25, 0.3) is 0 Å². The molecule has 1 fully saturated rings. The Balaban J connectivity index is 1.85. The lowest BCUT2D eigenvalue weighted by molar-refractivity contribution is 0.0954. The van der Waals surface area contributed by atoms with E-state index in [1.165, 1.54) is 0 Å². The predicted octanol–water partition coefficient (Wildman–Crippen LogP) is 2.81. The summed E-state index contributed by atoms with van der Waals surface area (Å²) < 4.78 is 0. The van der Waals surface area contributed by atoms with Crippen LogP contribution in [0.1, 0.15) is 29.6 Å². The maximum absolute atomic E-state index is 12.5. The van der Waals surface area contributed by atoms with Crippen LogP contribution in [0.2, 0.25) is 0 Å². The number of benzene rings is 1. The second-order valence-corrected chi connectivity index (χ2v) is 5.20. The summed E-state index contributed by atoms with van der Waals surface area (Å²) >= 11 is 0. The fourth-order valence-electron chi connectivity index (χ4n) is 2.80. The van der Waals surface area contributed by atoms with E-state index in [1.54, 1.807) is 6.20 Å². The number of hydrogen-bond donors (Lipinski definition) is 1. The summed E-state index contributed by atoms with van der Waals surface area (Å²) in [5.74, 6) is 0.783. The molecule has 1 aliphatic heterocycles. The first-order valence-corrected chi connectivity index (χ1v) is 6.92. The van der Waals surface area contributed by atoms with Crippen LogP contribution in [0.5, 0.6) is 0 Å². The van der Waals surface area contributed by atoms with Crippen molar-refractivity contribution in [2.45, 2.75) is 19.3 Å². The highest BCUT2D eigenvalue weighted by Crippen LogP contribution is 2.22. The van der Waals surface area contributed by atoms with E-state index in [4.69, 9.17) is 0 Å². The number of nitrogens with zero attached hydrogens (tertiary/aromatic N) is 1. The van der Waals surface area contributed by atoms with Gasteiger partial charge in [0, 0.05) is 23.6 Å². The van der Waals surface area contributed by atoms with Gasteiger partial charge in [0.15, 0.2) is 5.78 Å². The summed E-state index contributed by atoms with van der Waals surface area (Å²) in [6.45, 7) is 2.07. The van der Waals surface area contributed by atoms with E-state index in [2.05, 4.69) is 10.3 Å². The quantitative estimate of drug-likeness (QED) is 0.856. The first kappa shape index (κ1) is 12.3. The van der Waals surface area contributed by atoms with Gasteiger partial charge in [-0.2, -0.15) is 0 Å². The van der Waals surface area contributed by atoms with Crippen LogP contribution in [-0.4, -0.2) is 23.9 Å². The lowest BCUT2D eigenvalue weighted by atomic mass is 9.90. The monoisotopic (exact) mass is 254 g/mol. The van der Waals surface area contributed by atoms with Crippen molar-refractivity contribution in [3.05, 3.63) is 42.1 Å². The van der Waals surface area contributed by atoms with E-state index < -0.39 is 0 Å². The largest absolute Gasteiger partial charge is 0.317 e. The van der Waals surface area contributed by atoms with Gasteiger partial charge in [0.05, 0.1) is 5.52 Å². The molecule has 0 atom stereocenters. The molecule has 1 N–H and O–H groups in total. The van der Waals surface area contributed by atoms with Crippen LogP contribution in [0.15, 0.2) is 36.5 Å². The van der Waals surface area contributed by atoms with Crippen LogP contribution in [0.4, 0.5) is 0 Å². The van der Waals surface area contributed by atoms with E-state index in [1.807, 2.05) is 30.3 Å². The minimum absolute atomic E-state index is 0.255. The number of rotatable bonds is 3. The molecule has 98 valence electrons. The fraction of sp³-hybridized carbons (Fsp3) is 0.375. The van der Waals surface area contributed by atoms with Crippen LogP contribution >= 0.6 is 0 Å². The van der Waals surface area contributed by atoms with E-state index >= 15 is 0 Å². The highest BCUT2D eigenvalue weighted by molar-refractivity contribution is 6.07. The van der Waals surface area contributed by atoms with Crippen molar-refractivity contribution < 1.29 is 4.79 Å². The number of pyridine rings is 1. The average Bonchev–Trinajstić information content (AvgIpc) is 2.47. The van der Waals surface area contributed by atoms with Crippen molar-refractivity contribution in [2.24, 2.45) is 5.92 Å². The molecule has 3 nitrogen and oxygen atoms in total. The average molecular weight is 254 g/mol. The molecular weight excluding hydrogens is 236 g/mol. The van der Waals surface area contributed by atoms with Crippen LogP contribution in [-0.2, 0) is 0 Å². The molecule has 0 aliphatic carbocycles. The lowest BCUT2D eigenvalue weighted by Gasteiger charge is -2.21. The minimum Gasteiger partial charge on any atom is -0.317 e. The normalized spacial score (nSPS) is 16.6. The Labute approximate surface area is 113 Å². The van der Waals surface area contributed by atoms with Gasteiger partial charge >= 0.3 is 0 Å². The van der Waals surface area contributed by atoms with Crippen molar-refractivity contribution >= 4 is 16.7 Å². The Bertz CT molecular complexity index is 583. The standard InChI is InChI=1S/C16H18N2O/c19-16(11-12-5-8-17-9-6-12)14-7-10-18-15-4-2-1-3-13(14)15/h1-4,7,10,12,17H,5-6,8-9,11H2. The minimum atomic E-state index is 0.255. The topological polar surface area (TPSA) is 42.0 Å². The fourth-order valence-corrected chi connectivity index (χ4v) is 2.80. The summed E-state index contributed by atoms with van der Waals surface area (Å²) in [6.07, 6.45) is 4.61. The van der Waals surface area contributed by atoms with Gasteiger partial charge < -0.3 is 5.32 Å². The molecule has 0 saturated carbocycles. The van der Waals surface area contributed by atoms with Crippen LogP contribution in [0.25, 0.3) is 10.9 Å². The summed E-state index contributed by atoms with van der Waals surface area (Å²) in [5, 5.41) is 4.31. The van der Waals surface area contributed by atoms with Gasteiger partial charge in [0.2, 0.25) is 0 Å². The van der Waals surface area contributed by atoms with E-state index in [-0.39, 0.29) is 5.78 Å². The molecule has 0 radical (unpaired) electrons. The van der Waals surface area contributed by atoms with Crippen molar-refractivity contribution in [2.75, 3.05) is 13.1 Å². The van der Waals surface area contributed by atoms with E-state index in [9.17, 15) is 4.79 Å². The third-order valence-electron chi connectivity index (χ3n) is 3.88. The molecule has 1 aromatic heterocycles. The summed E-state index contributed by atoms with van der Waals surface area (Å²) in [7, 11) is 0. The Morgan fingerprint density at radius 1 is 1.21 bits per heavy atom. The number of carbonyl (C=O) groups is 1. The maximum Gasteiger partial charge on any atom is 0.163 e. The van der Waals surface area contributed by atoms with Crippen molar-refractivity contribution in [1.29, 1.82) is 0 Å². The third-order valence-corrected chi connectivity index (χ3v) is 3.88. The molecule has 1 aromatic carbocycles. The molecule has 2 aromatic rings. The highest BCUT2D eigenvalue weighted by atomic mass is 16.1. The van der Waals surface area contributed by atoms with Crippen molar-refractivity contribution in [3.8, 4) is 0 Å². The molecule has 0 unspecified atom stereocenters. The second kappa shape index (κ2) is 5.49. The molecule has 1 saturated heterocycles. The Hall–Kier alpha value is -1.74. The molecule has 3 rings (SSSR count). The Morgan fingerprint density at radius 3 is 2.84 bits per heavy atom. The Morgan fingerprint density at radius 2 is 2.00 bits per heavy atom. The number of piperidine rings is 1. The molecule has 3 heteroatoms. The van der Waals surface area contributed by atoms with Crippen LogP contribution in [0, 0.1) is 5.92 Å². The number of nitrogens with one attached hydrogen (secondary N) is 1. The number of carbonyl (C=O) groups excluding carboxylic acids is 1. The van der Waals surface area contributed by atoms with Gasteiger partial charge in [-0.15, -0.1) is 0 Å². The third kappa shape index (κ3) is 2.66. The maximum atomic E-state index is 12.5. The molecule has 1 aliphatic rings. The van der Waals surface area contributed by atoms with E-state index in [0.29, 0.717) is 12.3 Å². The first-order valence-electron chi connectivity index (χ1n) is 6.92. The van der Waals surface area contributed by atoms with Crippen molar-refractivity contribution in [3.63, 3.8) is 0 Å². The smallest absolute Gasteiger partial charge is 0.163 e. The highest BCUT2D eigenvalue weighted by Gasteiger charge is 2.19. The molecule has 0 spiro atoms. The van der Waals surface area contributed by atoms with Gasteiger partial charge in [0.1, 0.15) is 0 Å². The first-order chi connectivity index (χ1) is 9.34.